The van der Waals surface area contributed by atoms with Gasteiger partial charge in [0.15, 0.2) is 5.16 Å². The molecule has 1 N–H and O–H groups in total. The normalized spacial score (nSPS) is 13.0. The number of nitrogens with zero attached hydrogens (tertiary/aromatic N) is 4. The highest BCUT2D eigenvalue weighted by Crippen LogP contribution is 2.37. The fraction of sp³-hybridized carbons (Fsp3) is 0.333. The molecule has 0 unspecified atom stereocenters. The van der Waals surface area contributed by atoms with Crippen molar-refractivity contribution in [2.75, 3.05) is 11.1 Å². The predicted molar refractivity (Wildman–Crippen MR) is 116 cm³/mol. The van der Waals surface area contributed by atoms with E-state index in [-0.39, 0.29) is 11.7 Å². The fourth-order valence-electron chi connectivity index (χ4n) is 3.52. The zero-order chi connectivity index (χ0) is 20.2. The van der Waals surface area contributed by atoms with Crippen LogP contribution in [0, 0.1) is 11.3 Å². The number of hydrogen-bond donors (Lipinski definition) is 1. The maximum Gasteiger partial charge on any atom is 0.235 e. The van der Waals surface area contributed by atoms with Crippen LogP contribution in [0.5, 0.6) is 0 Å². The van der Waals surface area contributed by atoms with Gasteiger partial charge in [-0.2, -0.15) is 5.26 Å². The summed E-state index contributed by atoms with van der Waals surface area (Å²) in [7, 11) is 0. The number of carbonyl (C=O) groups is 1. The van der Waals surface area contributed by atoms with Crippen LogP contribution in [0.3, 0.4) is 0 Å². The minimum Gasteiger partial charge on any atom is -0.316 e. The average molecular weight is 424 g/mol. The van der Waals surface area contributed by atoms with E-state index in [0.29, 0.717) is 15.7 Å². The number of nitriles is 1. The lowest BCUT2D eigenvalue weighted by atomic mass is 9.96. The molecule has 4 rings (SSSR count). The number of para-hydroxylation sites is 1. The molecule has 0 fully saturated rings. The van der Waals surface area contributed by atoms with Gasteiger partial charge < -0.3 is 5.32 Å². The van der Waals surface area contributed by atoms with Gasteiger partial charge in [0.25, 0.3) is 0 Å². The predicted octanol–water partition coefficient (Wildman–Crippen LogP) is 4.37. The number of carbonyl (C=O) groups excluding carboxylic acids is 1. The van der Waals surface area contributed by atoms with E-state index in [1.54, 1.807) is 11.3 Å². The molecule has 0 atom stereocenters. The van der Waals surface area contributed by atoms with Crippen LogP contribution in [-0.2, 0) is 24.1 Å². The highest BCUT2D eigenvalue weighted by Gasteiger charge is 2.22. The summed E-state index contributed by atoms with van der Waals surface area (Å²) in [6.07, 6.45) is 4.94. The molecular weight excluding hydrogens is 402 g/mol. The van der Waals surface area contributed by atoms with E-state index in [4.69, 9.17) is 0 Å². The van der Waals surface area contributed by atoms with Crippen LogP contribution in [-0.4, -0.2) is 26.4 Å². The van der Waals surface area contributed by atoms with Crippen LogP contribution in [0.25, 0.3) is 5.69 Å². The first-order chi connectivity index (χ1) is 14.2. The van der Waals surface area contributed by atoms with E-state index in [2.05, 4.69) is 21.6 Å². The Morgan fingerprint density at radius 3 is 2.83 bits per heavy atom. The summed E-state index contributed by atoms with van der Waals surface area (Å²) in [4.78, 5) is 13.8. The summed E-state index contributed by atoms with van der Waals surface area (Å²) >= 11 is 2.90. The molecule has 8 heteroatoms. The van der Waals surface area contributed by atoms with Crippen molar-refractivity contribution < 1.29 is 4.79 Å². The van der Waals surface area contributed by atoms with E-state index in [9.17, 15) is 10.1 Å². The lowest BCUT2D eigenvalue weighted by Gasteiger charge is -2.09. The van der Waals surface area contributed by atoms with Crippen molar-refractivity contribution in [2.24, 2.45) is 0 Å². The van der Waals surface area contributed by atoms with Crippen molar-refractivity contribution >= 4 is 34.0 Å². The highest BCUT2D eigenvalue weighted by molar-refractivity contribution is 7.99. The second kappa shape index (κ2) is 8.80. The molecular formula is C21H21N5OS2. The van der Waals surface area contributed by atoms with Gasteiger partial charge in [0.2, 0.25) is 5.91 Å². The summed E-state index contributed by atoms with van der Waals surface area (Å²) in [5, 5.41) is 22.4. The maximum absolute atomic E-state index is 12.6. The van der Waals surface area contributed by atoms with E-state index in [1.165, 1.54) is 16.6 Å². The largest absolute Gasteiger partial charge is 0.316 e. The number of aromatic nitrogens is 3. The van der Waals surface area contributed by atoms with Crippen LogP contribution in [0.2, 0.25) is 0 Å². The van der Waals surface area contributed by atoms with Crippen molar-refractivity contribution in [1.29, 1.82) is 5.26 Å². The lowest BCUT2D eigenvalue weighted by molar-refractivity contribution is -0.113. The average Bonchev–Trinajstić information content (AvgIpc) is 3.33. The molecule has 1 amide bonds. The third kappa shape index (κ3) is 4.07. The smallest absolute Gasteiger partial charge is 0.235 e. The first-order valence-electron chi connectivity index (χ1n) is 9.68. The highest BCUT2D eigenvalue weighted by atomic mass is 32.2. The van der Waals surface area contributed by atoms with Gasteiger partial charge in [-0.15, -0.1) is 21.5 Å². The van der Waals surface area contributed by atoms with E-state index < -0.39 is 0 Å². The Hall–Kier alpha value is -2.63. The number of hydrogen-bond acceptors (Lipinski definition) is 6. The molecule has 1 aromatic carbocycles. The van der Waals surface area contributed by atoms with E-state index >= 15 is 0 Å². The fourth-order valence-corrected chi connectivity index (χ4v) is 5.55. The first-order valence-corrected chi connectivity index (χ1v) is 11.5. The molecule has 6 nitrogen and oxygen atoms in total. The van der Waals surface area contributed by atoms with Gasteiger partial charge >= 0.3 is 0 Å². The second-order valence-corrected chi connectivity index (χ2v) is 8.83. The van der Waals surface area contributed by atoms with Crippen molar-refractivity contribution in [3.8, 4) is 11.8 Å². The number of fused-ring (bicyclic) bond motifs is 1. The van der Waals surface area contributed by atoms with Crippen LogP contribution >= 0.6 is 23.1 Å². The SMILES string of the molecule is CCc1nnc(SCC(=O)Nc2sc3c(c2C#N)CCCC3)n1-c1ccccc1. The summed E-state index contributed by atoms with van der Waals surface area (Å²) in [6, 6.07) is 12.2. The van der Waals surface area contributed by atoms with Crippen LogP contribution in [0.15, 0.2) is 35.5 Å². The Morgan fingerprint density at radius 2 is 2.07 bits per heavy atom. The molecule has 1 aliphatic carbocycles. The Kier molecular flexibility index (Phi) is 5.97. The lowest BCUT2D eigenvalue weighted by Crippen LogP contribution is -2.14. The topological polar surface area (TPSA) is 83.6 Å². The van der Waals surface area contributed by atoms with Gasteiger partial charge in [-0.1, -0.05) is 36.9 Å². The first kappa shape index (κ1) is 19.7. The molecule has 1 aliphatic rings. The van der Waals surface area contributed by atoms with Crippen LogP contribution < -0.4 is 5.32 Å². The molecule has 29 heavy (non-hydrogen) atoms. The Bertz CT molecular complexity index is 1060. The third-order valence-corrected chi connectivity index (χ3v) is 7.04. The van der Waals surface area contributed by atoms with Gasteiger partial charge in [-0.05, 0) is 43.4 Å². The number of amides is 1. The number of aryl methyl sites for hydroxylation is 2. The molecule has 0 aliphatic heterocycles. The van der Waals surface area contributed by atoms with Gasteiger partial charge in [-0.3, -0.25) is 9.36 Å². The monoisotopic (exact) mass is 423 g/mol. The van der Waals surface area contributed by atoms with Gasteiger partial charge in [0.1, 0.15) is 16.9 Å². The summed E-state index contributed by atoms with van der Waals surface area (Å²) in [5.41, 5.74) is 2.75. The summed E-state index contributed by atoms with van der Waals surface area (Å²) in [5.74, 6) is 0.935. The number of thioether (sulfide) groups is 1. The van der Waals surface area contributed by atoms with Gasteiger partial charge in [0, 0.05) is 17.0 Å². The van der Waals surface area contributed by atoms with E-state index in [0.717, 1.165) is 49.2 Å². The maximum atomic E-state index is 12.6. The van der Waals surface area contributed by atoms with Crippen molar-refractivity contribution in [2.45, 2.75) is 44.2 Å². The zero-order valence-electron chi connectivity index (χ0n) is 16.1. The number of rotatable bonds is 6. The van der Waals surface area contributed by atoms with Crippen LogP contribution in [0.1, 0.15) is 41.6 Å². The number of nitrogens with one attached hydrogen (secondary N) is 1. The third-order valence-electron chi connectivity index (χ3n) is 4.90. The minimum absolute atomic E-state index is 0.134. The molecule has 2 heterocycles. The number of benzene rings is 1. The zero-order valence-corrected chi connectivity index (χ0v) is 17.8. The molecule has 0 radical (unpaired) electrons. The number of anilines is 1. The van der Waals surface area contributed by atoms with Crippen molar-refractivity contribution in [3.05, 3.63) is 52.2 Å². The molecule has 3 aromatic rings. The van der Waals surface area contributed by atoms with Crippen molar-refractivity contribution in [1.82, 2.24) is 14.8 Å². The quantitative estimate of drug-likeness (QED) is 0.595. The molecule has 0 saturated heterocycles. The molecule has 0 saturated carbocycles. The molecule has 148 valence electrons. The summed E-state index contributed by atoms with van der Waals surface area (Å²) < 4.78 is 1.99. The standard InChI is InChI=1S/C21H21N5OS2/c1-2-18-24-25-21(26(18)14-8-4-3-5-9-14)28-13-19(27)23-20-16(12-22)15-10-6-7-11-17(15)29-20/h3-5,8-9H,2,6-7,10-11,13H2,1H3,(H,23,27). The Labute approximate surface area is 178 Å². The molecule has 2 aromatic heterocycles. The van der Waals surface area contributed by atoms with Gasteiger partial charge in [0.05, 0.1) is 11.3 Å². The van der Waals surface area contributed by atoms with E-state index in [1.807, 2.05) is 41.8 Å². The Balaban J connectivity index is 1.48. The Morgan fingerprint density at radius 1 is 1.28 bits per heavy atom. The molecule has 0 spiro atoms. The number of thiophene rings is 1. The van der Waals surface area contributed by atoms with Gasteiger partial charge in [-0.25, -0.2) is 0 Å². The molecule has 0 bridgehead atoms. The second-order valence-electron chi connectivity index (χ2n) is 6.79. The van der Waals surface area contributed by atoms with Crippen LogP contribution in [0.4, 0.5) is 5.00 Å². The summed E-state index contributed by atoms with van der Waals surface area (Å²) in [6.45, 7) is 2.03. The minimum atomic E-state index is -0.134. The van der Waals surface area contributed by atoms with Crippen molar-refractivity contribution in [3.63, 3.8) is 0 Å².